The van der Waals surface area contributed by atoms with Crippen molar-refractivity contribution in [3.05, 3.63) is 21.3 Å². The van der Waals surface area contributed by atoms with Gasteiger partial charge < -0.3 is 15.2 Å². The molecule has 3 N–H and O–H groups in total. The fourth-order valence-corrected chi connectivity index (χ4v) is 2.22. The highest BCUT2D eigenvalue weighted by Crippen LogP contribution is 2.33. The van der Waals surface area contributed by atoms with Crippen molar-refractivity contribution in [3.63, 3.8) is 0 Å². The first-order chi connectivity index (χ1) is 9.58. The van der Waals surface area contributed by atoms with E-state index < -0.39 is 6.03 Å². The standard InChI is InChI=1S/C13H18IN3O3/c1-3-4-5-20-12-10(14)6-9(7-11(12)19-2)8-16-17-13(15)18/h6-8H,3-5H2,1-2H3,(H3,15,17,18)/b16-8+. The number of urea groups is 1. The molecule has 110 valence electrons. The van der Waals surface area contributed by atoms with Gasteiger partial charge in [-0.2, -0.15) is 5.10 Å². The Morgan fingerprint density at radius 3 is 2.90 bits per heavy atom. The highest BCUT2D eigenvalue weighted by Gasteiger charge is 2.10. The lowest BCUT2D eigenvalue weighted by Crippen LogP contribution is -2.24. The van der Waals surface area contributed by atoms with Crippen molar-refractivity contribution in [2.75, 3.05) is 13.7 Å². The monoisotopic (exact) mass is 391 g/mol. The summed E-state index contributed by atoms with van der Waals surface area (Å²) in [5, 5.41) is 3.71. The zero-order chi connectivity index (χ0) is 15.0. The molecule has 0 fully saturated rings. The molecule has 0 radical (unpaired) electrons. The van der Waals surface area contributed by atoms with Crippen molar-refractivity contribution in [2.24, 2.45) is 10.8 Å². The van der Waals surface area contributed by atoms with Crippen LogP contribution in [-0.2, 0) is 0 Å². The first-order valence-electron chi connectivity index (χ1n) is 6.17. The zero-order valence-corrected chi connectivity index (χ0v) is 13.6. The largest absolute Gasteiger partial charge is 0.493 e. The predicted molar refractivity (Wildman–Crippen MR) is 86.4 cm³/mol. The topological polar surface area (TPSA) is 85.9 Å². The minimum absolute atomic E-state index is 0.633. The van der Waals surface area contributed by atoms with Gasteiger partial charge in [-0.3, -0.25) is 0 Å². The number of nitrogens with zero attached hydrogens (tertiary/aromatic N) is 1. The number of rotatable bonds is 7. The van der Waals surface area contributed by atoms with Crippen LogP contribution in [0.1, 0.15) is 25.3 Å². The summed E-state index contributed by atoms with van der Waals surface area (Å²) in [4.78, 5) is 10.5. The molecule has 1 aromatic carbocycles. The van der Waals surface area contributed by atoms with Crippen molar-refractivity contribution < 1.29 is 14.3 Å². The smallest absolute Gasteiger partial charge is 0.332 e. The number of unbranched alkanes of at least 4 members (excludes halogenated alkanes) is 1. The fraction of sp³-hybridized carbons (Fsp3) is 0.385. The minimum Gasteiger partial charge on any atom is -0.493 e. The number of ether oxygens (including phenoxy) is 2. The van der Waals surface area contributed by atoms with Crippen molar-refractivity contribution in [1.29, 1.82) is 0 Å². The summed E-state index contributed by atoms with van der Waals surface area (Å²) in [5.74, 6) is 1.36. The summed E-state index contributed by atoms with van der Waals surface area (Å²) in [7, 11) is 1.58. The number of carbonyl (C=O) groups excluding carboxylic acids is 1. The van der Waals surface area contributed by atoms with E-state index in [0.29, 0.717) is 12.4 Å². The van der Waals surface area contributed by atoms with Gasteiger partial charge in [-0.25, -0.2) is 10.2 Å². The van der Waals surface area contributed by atoms with E-state index in [0.717, 1.165) is 27.7 Å². The highest BCUT2D eigenvalue weighted by molar-refractivity contribution is 14.1. The molecule has 1 aromatic rings. The third-order valence-corrected chi connectivity index (χ3v) is 3.19. The molecule has 0 aliphatic rings. The van der Waals surface area contributed by atoms with Crippen LogP contribution in [0.2, 0.25) is 0 Å². The molecular weight excluding hydrogens is 373 g/mol. The van der Waals surface area contributed by atoms with Crippen molar-refractivity contribution >= 4 is 34.8 Å². The summed E-state index contributed by atoms with van der Waals surface area (Å²) in [6.07, 6.45) is 3.55. The number of nitrogens with one attached hydrogen (secondary N) is 1. The average molecular weight is 391 g/mol. The number of hydrogen-bond donors (Lipinski definition) is 2. The molecule has 0 saturated carbocycles. The minimum atomic E-state index is -0.706. The van der Waals surface area contributed by atoms with Crippen LogP contribution in [0.4, 0.5) is 4.79 Å². The second-order valence-electron chi connectivity index (χ2n) is 3.97. The van der Waals surface area contributed by atoms with Crippen LogP contribution in [0.3, 0.4) is 0 Å². The Bertz CT molecular complexity index is 492. The number of hydrogen-bond acceptors (Lipinski definition) is 4. The van der Waals surface area contributed by atoms with E-state index in [1.807, 2.05) is 6.07 Å². The third kappa shape index (κ3) is 5.24. The summed E-state index contributed by atoms with van der Waals surface area (Å²) in [5.41, 5.74) is 7.85. The number of amides is 2. The van der Waals surface area contributed by atoms with Gasteiger partial charge in [0.15, 0.2) is 11.5 Å². The lowest BCUT2D eigenvalue weighted by atomic mass is 10.2. The second-order valence-corrected chi connectivity index (χ2v) is 5.13. The van der Waals surface area contributed by atoms with Crippen molar-refractivity contribution in [1.82, 2.24) is 5.43 Å². The van der Waals surface area contributed by atoms with Gasteiger partial charge in [0.1, 0.15) is 0 Å². The molecule has 7 heteroatoms. The Morgan fingerprint density at radius 1 is 1.55 bits per heavy atom. The number of carbonyl (C=O) groups is 1. The van der Waals surface area contributed by atoms with Gasteiger partial charge in [0.2, 0.25) is 0 Å². The summed E-state index contributed by atoms with van der Waals surface area (Å²) in [6.45, 7) is 2.76. The van der Waals surface area contributed by atoms with Crippen molar-refractivity contribution in [3.8, 4) is 11.5 Å². The Hall–Kier alpha value is -1.51. The Kier molecular flexibility index (Phi) is 7.13. The van der Waals surface area contributed by atoms with Gasteiger partial charge in [0.05, 0.1) is 23.5 Å². The van der Waals surface area contributed by atoms with Crippen LogP contribution in [0.5, 0.6) is 11.5 Å². The van der Waals surface area contributed by atoms with E-state index in [1.54, 1.807) is 13.2 Å². The van der Waals surface area contributed by atoms with Gasteiger partial charge in [-0.1, -0.05) is 13.3 Å². The van der Waals surface area contributed by atoms with Crippen LogP contribution in [0.25, 0.3) is 0 Å². The van der Waals surface area contributed by atoms with Gasteiger partial charge in [0.25, 0.3) is 0 Å². The molecular formula is C13H18IN3O3. The average Bonchev–Trinajstić information content (AvgIpc) is 2.40. The number of hydrazone groups is 1. The number of methoxy groups -OCH3 is 1. The number of benzene rings is 1. The molecule has 6 nitrogen and oxygen atoms in total. The molecule has 1 rings (SSSR count). The van der Waals surface area contributed by atoms with Crippen molar-refractivity contribution in [2.45, 2.75) is 19.8 Å². The summed E-state index contributed by atoms with van der Waals surface area (Å²) in [6, 6.07) is 2.97. The van der Waals surface area contributed by atoms with Gasteiger partial charge in [0, 0.05) is 0 Å². The molecule has 0 unspecified atom stereocenters. The van der Waals surface area contributed by atoms with Crippen LogP contribution in [-0.4, -0.2) is 26.0 Å². The molecule has 20 heavy (non-hydrogen) atoms. The maximum Gasteiger partial charge on any atom is 0.332 e. The normalized spacial score (nSPS) is 10.6. The Labute approximate surface area is 131 Å². The van der Waals surface area contributed by atoms with E-state index >= 15 is 0 Å². The van der Waals surface area contributed by atoms with Gasteiger partial charge in [-0.15, -0.1) is 0 Å². The maximum atomic E-state index is 10.5. The van der Waals surface area contributed by atoms with Crippen LogP contribution in [0, 0.1) is 3.57 Å². The van der Waals surface area contributed by atoms with Crippen LogP contribution >= 0.6 is 22.6 Å². The molecule has 0 spiro atoms. The van der Waals surface area contributed by atoms with E-state index in [2.05, 4.69) is 40.0 Å². The summed E-state index contributed by atoms with van der Waals surface area (Å²) >= 11 is 2.17. The molecule has 2 amide bonds. The Balaban J connectivity index is 2.88. The van der Waals surface area contributed by atoms with E-state index in [9.17, 15) is 4.79 Å². The van der Waals surface area contributed by atoms with E-state index in [1.165, 1.54) is 6.21 Å². The van der Waals surface area contributed by atoms with Crippen LogP contribution in [0.15, 0.2) is 17.2 Å². The zero-order valence-electron chi connectivity index (χ0n) is 11.5. The molecule has 0 heterocycles. The third-order valence-electron chi connectivity index (χ3n) is 2.38. The van der Waals surface area contributed by atoms with E-state index in [-0.39, 0.29) is 0 Å². The molecule has 0 atom stereocenters. The SMILES string of the molecule is CCCCOc1c(I)cc(/C=N/NC(N)=O)cc1OC. The molecule has 0 aliphatic heterocycles. The molecule has 0 aliphatic carbocycles. The number of primary amides is 1. The maximum absolute atomic E-state index is 10.5. The predicted octanol–water partition coefficient (Wildman–Crippen LogP) is 2.48. The highest BCUT2D eigenvalue weighted by atomic mass is 127. The molecule has 0 saturated heterocycles. The summed E-state index contributed by atoms with van der Waals surface area (Å²) < 4.78 is 12.0. The first kappa shape index (κ1) is 16.5. The lowest BCUT2D eigenvalue weighted by molar-refractivity contribution is 0.249. The van der Waals surface area contributed by atoms with Gasteiger partial charge >= 0.3 is 6.03 Å². The lowest BCUT2D eigenvalue weighted by Gasteiger charge is -2.13. The number of halogens is 1. The van der Waals surface area contributed by atoms with E-state index in [4.69, 9.17) is 15.2 Å². The van der Waals surface area contributed by atoms with Crippen LogP contribution < -0.4 is 20.6 Å². The first-order valence-corrected chi connectivity index (χ1v) is 7.25. The second kappa shape index (κ2) is 8.62. The fourth-order valence-electron chi connectivity index (χ4n) is 1.44. The number of nitrogens with two attached hydrogens (primary N) is 1. The van der Waals surface area contributed by atoms with Gasteiger partial charge in [-0.05, 0) is 46.7 Å². The molecule has 0 aromatic heterocycles. The Morgan fingerprint density at radius 2 is 2.30 bits per heavy atom. The molecule has 0 bridgehead atoms. The quantitative estimate of drug-likeness (QED) is 0.324.